The van der Waals surface area contributed by atoms with E-state index in [1.165, 1.54) is 22.3 Å². The van der Waals surface area contributed by atoms with Gasteiger partial charge in [0.2, 0.25) is 0 Å². The van der Waals surface area contributed by atoms with Crippen LogP contribution < -0.4 is 5.32 Å². The van der Waals surface area contributed by atoms with E-state index >= 15 is 0 Å². The van der Waals surface area contributed by atoms with Crippen molar-refractivity contribution in [1.29, 1.82) is 0 Å². The first kappa shape index (κ1) is 11.3. The fraction of sp³-hybridized carbons (Fsp3) is 0.0526. The molecule has 0 saturated heterocycles. The number of para-hydroxylation sites is 1. The van der Waals surface area contributed by atoms with Gasteiger partial charge in [-0.1, -0.05) is 54.6 Å². The summed E-state index contributed by atoms with van der Waals surface area (Å²) in [6.07, 6.45) is 0.984. The lowest BCUT2D eigenvalue weighted by molar-refractivity contribution is 1.13. The molecule has 4 rings (SSSR count). The van der Waals surface area contributed by atoms with Crippen molar-refractivity contribution in [2.24, 2.45) is 0 Å². The minimum absolute atomic E-state index is 0.984. The van der Waals surface area contributed by atoms with Crippen LogP contribution in [0.5, 0.6) is 0 Å². The van der Waals surface area contributed by atoms with Gasteiger partial charge >= 0.3 is 0 Å². The highest BCUT2D eigenvalue weighted by molar-refractivity contribution is 5.81. The molecule has 1 aliphatic carbocycles. The van der Waals surface area contributed by atoms with Crippen LogP contribution in [0.2, 0.25) is 0 Å². The topological polar surface area (TPSA) is 14.1 Å². The zero-order valence-corrected chi connectivity index (χ0v) is 11.1. The number of benzene rings is 3. The Balaban J connectivity index is 1.78. The van der Waals surface area contributed by atoms with E-state index in [1.54, 1.807) is 0 Å². The first-order chi connectivity index (χ1) is 9.92. The Morgan fingerprint density at radius 3 is 2.30 bits per heavy atom. The third-order valence-electron chi connectivity index (χ3n) is 3.83. The molecule has 0 bridgehead atoms. The van der Waals surface area contributed by atoms with Gasteiger partial charge in [0.1, 0.15) is 0 Å². The third kappa shape index (κ3) is 1.79. The summed E-state index contributed by atoms with van der Waals surface area (Å²) in [7, 11) is 0. The molecule has 1 radical (unpaired) electrons. The maximum atomic E-state index is 4.80. The van der Waals surface area contributed by atoms with Crippen LogP contribution in [0.4, 0.5) is 11.4 Å². The van der Waals surface area contributed by atoms with Gasteiger partial charge in [0.15, 0.2) is 0 Å². The molecule has 0 fully saturated rings. The van der Waals surface area contributed by atoms with Crippen molar-refractivity contribution in [2.75, 3.05) is 0 Å². The van der Waals surface area contributed by atoms with E-state index in [2.05, 4.69) is 42.5 Å². The molecule has 20 heavy (non-hydrogen) atoms. The van der Waals surface area contributed by atoms with Crippen LogP contribution in [-0.2, 0) is 6.42 Å². The van der Waals surface area contributed by atoms with E-state index < -0.39 is 0 Å². The molecule has 1 heteroatoms. The van der Waals surface area contributed by atoms with Crippen molar-refractivity contribution in [3.63, 3.8) is 0 Å². The average Bonchev–Trinajstić information content (AvgIpc) is 2.88. The molecule has 0 heterocycles. The van der Waals surface area contributed by atoms with Gasteiger partial charge in [-0.15, -0.1) is 0 Å². The van der Waals surface area contributed by atoms with Gasteiger partial charge in [0, 0.05) is 6.42 Å². The van der Waals surface area contributed by atoms with Crippen molar-refractivity contribution in [1.82, 2.24) is 5.32 Å². The first-order valence-electron chi connectivity index (χ1n) is 6.89. The summed E-state index contributed by atoms with van der Waals surface area (Å²) in [5, 5.41) is 4.80. The highest BCUT2D eigenvalue weighted by atomic mass is 14.9. The lowest BCUT2D eigenvalue weighted by atomic mass is 10.0. The quantitative estimate of drug-likeness (QED) is 0.488. The van der Waals surface area contributed by atoms with Crippen LogP contribution in [0, 0.1) is 0 Å². The number of nitrogens with zero attached hydrogens (tertiary/aromatic N) is 1. The van der Waals surface area contributed by atoms with Gasteiger partial charge in [-0.3, -0.25) is 0 Å². The van der Waals surface area contributed by atoms with E-state index in [9.17, 15) is 0 Å². The van der Waals surface area contributed by atoms with E-state index in [1.807, 2.05) is 30.3 Å². The molecule has 0 unspecified atom stereocenters. The van der Waals surface area contributed by atoms with Crippen LogP contribution in [-0.4, -0.2) is 0 Å². The second-order valence-corrected chi connectivity index (χ2v) is 5.08. The molecular formula is C19H14N. The molecule has 0 amide bonds. The predicted octanol–water partition coefficient (Wildman–Crippen LogP) is 4.83. The van der Waals surface area contributed by atoms with Crippen molar-refractivity contribution >= 4 is 11.4 Å². The molecular weight excluding hydrogens is 242 g/mol. The normalized spacial score (nSPS) is 11.8. The minimum Gasteiger partial charge on any atom is -0.249 e. The maximum Gasteiger partial charge on any atom is 0.0678 e. The largest absolute Gasteiger partial charge is 0.249 e. The van der Waals surface area contributed by atoms with Crippen molar-refractivity contribution < 1.29 is 0 Å². The van der Waals surface area contributed by atoms with Gasteiger partial charge in [-0.05, 0) is 40.5 Å². The maximum absolute atomic E-state index is 4.80. The van der Waals surface area contributed by atoms with Gasteiger partial charge in [0.05, 0.1) is 11.4 Å². The fourth-order valence-electron chi connectivity index (χ4n) is 2.89. The Bertz CT molecular complexity index is 760. The molecule has 3 aromatic carbocycles. The first-order valence-corrected chi connectivity index (χ1v) is 6.89. The Hall–Kier alpha value is -2.54. The van der Waals surface area contributed by atoms with Crippen molar-refractivity contribution in [3.8, 4) is 11.1 Å². The van der Waals surface area contributed by atoms with Crippen molar-refractivity contribution in [3.05, 3.63) is 83.9 Å². The third-order valence-corrected chi connectivity index (χ3v) is 3.83. The Morgan fingerprint density at radius 1 is 0.650 bits per heavy atom. The molecule has 1 aliphatic rings. The summed E-state index contributed by atoms with van der Waals surface area (Å²) in [6.45, 7) is 0. The number of fused-ring (bicyclic) bond motifs is 3. The molecule has 0 atom stereocenters. The SMILES string of the molecule is c1ccc([N]c2cccc3c2Cc2ccccc2-3)cc1. The van der Waals surface area contributed by atoms with Gasteiger partial charge in [-0.2, -0.15) is 0 Å². The zero-order chi connectivity index (χ0) is 13.4. The van der Waals surface area contributed by atoms with Gasteiger partial charge in [0.25, 0.3) is 0 Å². The fourth-order valence-corrected chi connectivity index (χ4v) is 2.89. The Labute approximate surface area is 118 Å². The van der Waals surface area contributed by atoms with Crippen molar-refractivity contribution in [2.45, 2.75) is 6.42 Å². The lowest BCUT2D eigenvalue weighted by Crippen LogP contribution is -1.93. The van der Waals surface area contributed by atoms with E-state index in [0.717, 1.165) is 17.8 Å². The minimum atomic E-state index is 0.984. The molecule has 0 N–H and O–H groups in total. The van der Waals surface area contributed by atoms with Gasteiger partial charge < -0.3 is 0 Å². The second-order valence-electron chi connectivity index (χ2n) is 5.08. The summed E-state index contributed by atoms with van der Waals surface area (Å²) in [5.74, 6) is 0. The Kier molecular flexibility index (Phi) is 2.56. The summed E-state index contributed by atoms with van der Waals surface area (Å²) in [5.41, 5.74) is 7.53. The molecule has 0 spiro atoms. The monoisotopic (exact) mass is 256 g/mol. The number of hydrogen-bond acceptors (Lipinski definition) is 0. The number of rotatable bonds is 2. The van der Waals surface area contributed by atoms with Crippen LogP contribution in [0.15, 0.2) is 72.8 Å². The van der Waals surface area contributed by atoms with Crippen LogP contribution in [0.1, 0.15) is 11.1 Å². The van der Waals surface area contributed by atoms with E-state index in [-0.39, 0.29) is 0 Å². The summed E-state index contributed by atoms with van der Waals surface area (Å²) >= 11 is 0. The molecule has 3 aromatic rings. The molecule has 95 valence electrons. The standard InChI is InChI=1S/C19H14N/c1-2-8-15(9-3-1)20-19-12-6-11-17-16-10-5-4-7-14(16)13-18(17)19/h1-12H,13H2. The van der Waals surface area contributed by atoms with E-state index in [0.29, 0.717) is 0 Å². The highest BCUT2D eigenvalue weighted by Crippen LogP contribution is 2.40. The smallest absolute Gasteiger partial charge is 0.0678 e. The molecule has 0 saturated carbocycles. The highest BCUT2D eigenvalue weighted by Gasteiger charge is 2.20. The van der Waals surface area contributed by atoms with Crippen LogP contribution >= 0.6 is 0 Å². The van der Waals surface area contributed by atoms with Gasteiger partial charge in [-0.25, -0.2) is 5.32 Å². The van der Waals surface area contributed by atoms with E-state index in [4.69, 9.17) is 5.32 Å². The molecule has 1 nitrogen and oxygen atoms in total. The lowest BCUT2D eigenvalue weighted by Gasteiger charge is -2.08. The van der Waals surface area contributed by atoms with Crippen LogP contribution in [0.25, 0.3) is 11.1 Å². The second kappa shape index (κ2) is 4.53. The summed E-state index contributed by atoms with van der Waals surface area (Å²) < 4.78 is 0. The predicted molar refractivity (Wildman–Crippen MR) is 82.6 cm³/mol. The Morgan fingerprint density at radius 2 is 1.40 bits per heavy atom. The van der Waals surface area contributed by atoms with Crippen LogP contribution in [0.3, 0.4) is 0 Å². The number of hydrogen-bond donors (Lipinski definition) is 0. The summed E-state index contributed by atoms with van der Waals surface area (Å²) in [4.78, 5) is 0. The average molecular weight is 256 g/mol. The molecule has 0 aromatic heterocycles. The zero-order valence-electron chi connectivity index (χ0n) is 11.1. The summed E-state index contributed by atoms with van der Waals surface area (Å²) in [6, 6.07) is 25.2. The molecule has 0 aliphatic heterocycles.